The first-order valence-electron chi connectivity index (χ1n) is 10.5. The zero-order chi connectivity index (χ0) is 21.4. The summed E-state index contributed by atoms with van der Waals surface area (Å²) >= 11 is 0. The first-order valence-corrected chi connectivity index (χ1v) is 10.5. The highest BCUT2D eigenvalue weighted by Crippen LogP contribution is 2.43. The van der Waals surface area contributed by atoms with Crippen LogP contribution in [0, 0.1) is 18.8 Å². The fourth-order valence-corrected chi connectivity index (χ4v) is 4.80. The van der Waals surface area contributed by atoms with Crippen molar-refractivity contribution < 1.29 is 19.4 Å². The number of nitrogens with zero attached hydrogens (tertiary/aromatic N) is 1. The molecule has 2 aliphatic heterocycles. The van der Waals surface area contributed by atoms with E-state index in [0.717, 1.165) is 24.2 Å². The fraction of sp³-hybridized carbons (Fsp3) is 0.400. The topological polar surface area (TPSA) is 59.0 Å². The Morgan fingerprint density at radius 1 is 1.23 bits per heavy atom. The third-order valence-corrected chi connectivity index (χ3v) is 5.97. The summed E-state index contributed by atoms with van der Waals surface area (Å²) in [5, 5.41) is 10.7. The molecule has 0 radical (unpaired) electrons. The van der Waals surface area contributed by atoms with Crippen molar-refractivity contribution in [2.45, 2.75) is 33.7 Å². The van der Waals surface area contributed by atoms with E-state index in [-0.39, 0.29) is 17.3 Å². The average Bonchev–Trinajstić information content (AvgIpc) is 3.01. The van der Waals surface area contributed by atoms with Gasteiger partial charge in [-0.3, -0.25) is 9.69 Å². The van der Waals surface area contributed by atoms with E-state index < -0.39 is 0 Å². The van der Waals surface area contributed by atoms with Gasteiger partial charge in [0, 0.05) is 25.2 Å². The van der Waals surface area contributed by atoms with Crippen molar-refractivity contribution in [3.8, 4) is 17.2 Å². The van der Waals surface area contributed by atoms with Gasteiger partial charge in [0.2, 0.25) is 5.78 Å². The minimum Gasteiger partial charge on any atom is -0.507 e. The molecule has 5 nitrogen and oxygen atoms in total. The largest absolute Gasteiger partial charge is 0.507 e. The van der Waals surface area contributed by atoms with E-state index >= 15 is 0 Å². The molecule has 2 aliphatic rings. The van der Waals surface area contributed by atoms with Crippen molar-refractivity contribution in [3.05, 3.63) is 58.3 Å². The van der Waals surface area contributed by atoms with Gasteiger partial charge in [-0.15, -0.1) is 0 Å². The lowest BCUT2D eigenvalue weighted by Gasteiger charge is -2.35. The van der Waals surface area contributed by atoms with E-state index in [1.807, 2.05) is 31.2 Å². The number of rotatable bonds is 4. The Morgan fingerprint density at radius 3 is 2.63 bits per heavy atom. The highest BCUT2D eigenvalue weighted by atomic mass is 16.5. The molecular formula is C25H29NO4. The second-order valence-corrected chi connectivity index (χ2v) is 8.72. The van der Waals surface area contributed by atoms with Crippen molar-refractivity contribution >= 4 is 11.9 Å². The van der Waals surface area contributed by atoms with Crippen LogP contribution in [0.3, 0.4) is 0 Å². The lowest BCUT2D eigenvalue weighted by Crippen LogP contribution is -2.38. The molecule has 2 aromatic carbocycles. The number of ether oxygens (including phenoxy) is 2. The van der Waals surface area contributed by atoms with Crippen molar-refractivity contribution in [2.75, 3.05) is 20.2 Å². The van der Waals surface area contributed by atoms with Crippen LogP contribution in [0.4, 0.5) is 0 Å². The minimum atomic E-state index is -0.157. The van der Waals surface area contributed by atoms with Gasteiger partial charge in [-0.2, -0.15) is 0 Å². The third-order valence-electron chi connectivity index (χ3n) is 5.97. The van der Waals surface area contributed by atoms with Gasteiger partial charge in [-0.05, 0) is 49.0 Å². The molecule has 1 N–H and O–H groups in total. The number of phenols is 1. The molecule has 0 amide bonds. The van der Waals surface area contributed by atoms with Gasteiger partial charge < -0.3 is 14.6 Å². The number of para-hydroxylation sites is 1. The molecule has 5 heteroatoms. The SMILES string of the molecule is COc1ccccc1/C=C1/Oc2c(CN3CC(C)CC(C)C3)c(O)cc(C)c2C1=O. The molecule has 4 rings (SSSR count). The van der Waals surface area contributed by atoms with Crippen LogP contribution in [0.5, 0.6) is 17.2 Å². The predicted molar refractivity (Wildman–Crippen MR) is 117 cm³/mol. The number of ketones is 1. The Labute approximate surface area is 177 Å². The number of piperidine rings is 1. The van der Waals surface area contributed by atoms with E-state index in [9.17, 15) is 9.90 Å². The van der Waals surface area contributed by atoms with E-state index in [1.165, 1.54) is 6.42 Å². The quantitative estimate of drug-likeness (QED) is 0.738. The maximum atomic E-state index is 13.2. The zero-order valence-corrected chi connectivity index (χ0v) is 18.1. The molecule has 30 heavy (non-hydrogen) atoms. The summed E-state index contributed by atoms with van der Waals surface area (Å²) in [6, 6.07) is 9.18. The number of Topliss-reactive ketones (excluding diaryl/α,β-unsaturated/α-hetero) is 1. The lowest BCUT2D eigenvalue weighted by molar-refractivity contribution is 0.101. The molecule has 0 aliphatic carbocycles. The number of phenolic OH excluding ortho intramolecular Hbond substituents is 1. The van der Waals surface area contributed by atoms with E-state index in [0.29, 0.717) is 41.0 Å². The highest BCUT2D eigenvalue weighted by molar-refractivity contribution is 6.16. The fourth-order valence-electron chi connectivity index (χ4n) is 4.80. The maximum Gasteiger partial charge on any atom is 0.232 e. The first kappa shape index (κ1) is 20.5. The third kappa shape index (κ3) is 3.82. The second-order valence-electron chi connectivity index (χ2n) is 8.72. The molecule has 2 atom stereocenters. The van der Waals surface area contributed by atoms with Gasteiger partial charge in [0.05, 0.1) is 18.2 Å². The van der Waals surface area contributed by atoms with Gasteiger partial charge in [-0.25, -0.2) is 0 Å². The van der Waals surface area contributed by atoms with E-state index in [4.69, 9.17) is 9.47 Å². The van der Waals surface area contributed by atoms with Crippen molar-refractivity contribution in [1.29, 1.82) is 0 Å². The number of hydrogen-bond donors (Lipinski definition) is 1. The number of carbonyl (C=O) groups is 1. The summed E-state index contributed by atoms with van der Waals surface area (Å²) in [6.45, 7) is 8.87. The number of carbonyl (C=O) groups excluding carboxylic acids is 1. The number of benzene rings is 2. The molecule has 2 aromatic rings. The number of methoxy groups -OCH3 is 1. The molecule has 2 heterocycles. The Hall–Kier alpha value is -2.79. The van der Waals surface area contributed by atoms with Gasteiger partial charge >= 0.3 is 0 Å². The van der Waals surface area contributed by atoms with Crippen LogP contribution in [0.15, 0.2) is 36.1 Å². The lowest BCUT2D eigenvalue weighted by atomic mass is 9.91. The zero-order valence-electron chi connectivity index (χ0n) is 18.1. The number of fused-ring (bicyclic) bond motifs is 1. The molecular weight excluding hydrogens is 378 g/mol. The molecule has 0 saturated carbocycles. The molecule has 0 bridgehead atoms. The van der Waals surface area contributed by atoms with Crippen LogP contribution in [0.1, 0.15) is 47.3 Å². The first-order chi connectivity index (χ1) is 14.4. The summed E-state index contributed by atoms with van der Waals surface area (Å²) in [7, 11) is 1.60. The smallest absolute Gasteiger partial charge is 0.232 e. The van der Waals surface area contributed by atoms with Crippen LogP contribution in [0.2, 0.25) is 0 Å². The maximum absolute atomic E-state index is 13.2. The molecule has 0 aromatic heterocycles. The monoisotopic (exact) mass is 407 g/mol. The van der Waals surface area contributed by atoms with Crippen LogP contribution >= 0.6 is 0 Å². The van der Waals surface area contributed by atoms with Crippen LogP contribution in [-0.2, 0) is 6.54 Å². The summed E-state index contributed by atoms with van der Waals surface area (Å²) in [5.41, 5.74) is 2.73. The molecule has 0 spiro atoms. The summed E-state index contributed by atoms with van der Waals surface area (Å²) < 4.78 is 11.5. The van der Waals surface area contributed by atoms with Crippen LogP contribution in [0.25, 0.3) is 6.08 Å². The number of aryl methyl sites for hydroxylation is 1. The Kier molecular flexibility index (Phi) is 5.56. The molecule has 2 unspecified atom stereocenters. The normalized spacial score (nSPS) is 22.8. The number of aromatic hydroxyl groups is 1. The average molecular weight is 408 g/mol. The summed E-state index contributed by atoms with van der Waals surface area (Å²) in [6.07, 6.45) is 2.93. The Balaban J connectivity index is 1.70. The Morgan fingerprint density at radius 2 is 1.93 bits per heavy atom. The number of likely N-dealkylation sites (tertiary alicyclic amines) is 1. The van der Waals surface area contributed by atoms with E-state index in [2.05, 4.69) is 18.7 Å². The van der Waals surface area contributed by atoms with Crippen molar-refractivity contribution in [1.82, 2.24) is 4.90 Å². The minimum absolute atomic E-state index is 0.157. The summed E-state index contributed by atoms with van der Waals surface area (Å²) in [4.78, 5) is 15.5. The van der Waals surface area contributed by atoms with Gasteiger partial charge in [-0.1, -0.05) is 32.0 Å². The van der Waals surface area contributed by atoms with Crippen molar-refractivity contribution in [2.24, 2.45) is 11.8 Å². The molecule has 1 fully saturated rings. The van der Waals surface area contributed by atoms with Crippen molar-refractivity contribution in [3.63, 3.8) is 0 Å². The van der Waals surface area contributed by atoms with Crippen LogP contribution < -0.4 is 9.47 Å². The molecule has 158 valence electrons. The second kappa shape index (κ2) is 8.15. The molecule has 1 saturated heterocycles. The van der Waals surface area contributed by atoms with Gasteiger partial charge in [0.25, 0.3) is 0 Å². The predicted octanol–water partition coefficient (Wildman–Crippen LogP) is 4.80. The number of allylic oxidation sites excluding steroid dienone is 1. The van der Waals surface area contributed by atoms with Crippen LogP contribution in [-0.4, -0.2) is 36.0 Å². The number of hydrogen-bond acceptors (Lipinski definition) is 5. The van der Waals surface area contributed by atoms with Gasteiger partial charge in [0.1, 0.15) is 17.2 Å². The Bertz CT molecular complexity index is 1000. The van der Waals surface area contributed by atoms with Gasteiger partial charge in [0.15, 0.2) is 5.76 Å². The van der Waals surface area contributed by atoms with E-state index in [1.54, 1.807) is 19.3 Å². The highest BCUT2D eigenvalue weighted by Gasteiger charge is 2.34. The standard InChI is InChI=1S/C25H29NO4/c1-15-9-16(2)13-26(12-15)14-19-20(27)10-17(3)23-24(28)22(30-25(19)23)11-18-7-5-6-8-21(18)29-4/h5-8,10-11,15-16,27H,9,12-14H2,1-4H3/b22-11+. The summed E-state index contributed by atoms with van der Waals surface area (Å²) in [5.74, 6) is 2.66.